The number of hydrogen-bond donors (Lipinski definition) is 1. The topological polar surface area (TPSA) is 56.8 Å². The SMILES string of the molecule is COc1cc(CCNC(=O)OCC(F)F)cc(OC)c1. The van der Waals surface area contributed by atoms with Gasteiger partial charge in [-0.1, -0.05) is 0 Å². The van der Waals surface area contributed by atoms with E-state index in [1.165, 1.54) is 0 Å². The molecule has 0 saturated heterocycles. The number of amides is 1. The number of halogens is 2. The second-order valence-electron chi connectivity index (χ2n) is 3.89. The van der Waals surface area contributed by atoms with E-state index in [4.69, 9.17) is 9.47 Å². The lowest BCUT2D eigenvalue weighted by Gasteiger charge is -2.09. The van der Waals surface area contributed by atoms with Crippen molar-refractivity contribution < 1.29 is 27.8 Å². The summed E-state index contributed by atoms with van der Waals surface area (Å²) in [6.45, 7) is -0.642. The Labute approximate surface area is 115 Å². The van der Waals surface area contributed by atoms with Gasteiger partial charge in [0.2, 0.25) is 0 Å². The summed E-state index contributed by atoms with van der Waals surface area (Å²) >= 11 is 0. The summed E-state index contributed by atoms with van der Waals surface area (Å²) in [6.07, 6.45) is -3.03. The van der Waals surface area contributed by atoms with E-state index < -0.39 is 19.1 Å². The number of alkyl carbamates (subject to hydrolysis) is 1. The van der Waals surface area contributed by atoms with Crippen molar-refractivity contribution in [3.05, 3.63) is 23.8 Å². The van der Waals surface area contributed by atoms with E-state index in [1.54, 1.807) is 32.4 Å². The maximum atomic E-state index is 11.8. The number of carbonyl (C=O) groups excluding carboxylic acids is 1. The number of rotatable bonds is 7. The molecular weight excluding hydrogens is 272 g/mol. The summed E-state index contributed by atoms with van der Waals surface area (Å²) in [6, 6.07) is 5.33. The number of alkyl halides is 2. The minimum absolute atomic E-state index is 0.262. The highest BCUT2D eigenvalue weighted by molar-refractivity contribution is 5.67. The Morgan fingerprint density at radius 1 is 1.20 bits per heavy atom. The zero-order valence-electron chi connectivity index (χ0n) is 11.3. The van der Waals surface area contributed by atoms with Gasteiger partial charge >= 0.3 is 6.09 Å². The van der Waals surface area contributed by atoms with E-state index >= 15 is 0 Å². The zero-order chi connectivity index (χ0) is 15.0. The first-order valence-electron chi connectivity index (χ1n) is 5.96. The lowest BCUT2D eigenvalue weighted by molar-refractivity contribution is 0.0490. The summed E-state index contributed by atoms with van der Waals surface area (Å²) in [7, 11) is 3.08. The molecule has 112 valence electrons. The standard InChI is InChI=1S/C13H17F2NO4/c1-18-10-5-9(6-11(7-10)19-2)3-4-16-13(17)20-8-12(14)15/h5-7,12H,3-4,8H2,1-2H3,(H,16,17). The molecule has 0 aliphatic heterocycles. The summed E-state index contributed by atoms with van der Waals surface area (Å²) in [5, 5.41) is 2.39. The van der Waals surface area contributed by atoms with Crippen LogP contribution in [0.3, 0.4) is 0 Å². The third-order valence-corrected chi connectivity index (χ3v) is 2.43. The van der Waals surface area contributed by atoms with Crippen LogP contribution in [-0.4, -0.2) is 39.9 Å². The third kappa shape index (κ3) is 5.73. The van der Waals surface area contributed by atoms with E-state index in [0.29, 0.717) is 17.9 Å². The smallest absolute Gasteiger partial charge is 0.407 e. The molecule has 1 rings (SSSR count). The Hall–Kier alpha value is -2.05. The quantitative estimate of drug-likeness (QED) is 0.836. The van der Waals surface area contributed by atoms with Crippen LogP contribution in [0.5, 0.6) is 11.5 Å². The first-order valence-corrected chi connectivity index (χ1v) is 5.96. The molecule has 0 aromatic heterocycles. The third-order valence-electron chi connectivity index (χ3n) is 2.43. The lowest BCUT2D eigenvalue weighted by atomic mass is 10.1. The lowest BCUT2D eigenvalue weighted by Crippen LogP contribution is -2.28. The van der Waals surface area contributed by atoms with Crippen molar-refractivity contribution >= 4 is 6.09 Å². The fourth-order valence-corrected chi connectivity index (χ4v) is 1.51. The molecule has 0 unspecified atom stereocenters. The highest BCUT2D eigenvalue weighted by Crippen LogP contribution is 2.22. The highest BCUT2D eigenvalue weighted by Gasteiger charge is 2.08. The molecule has 1 aromatic carbocycles. The van der Waals surface area contributed by atoms with E-state index in [-0.39, 0.29) is 6.54 Å². The van der Waals surface area contributed by atoms with Crippen molar-refractivity contribution in [3.8, 4) is 11.5 Å². The molecule has 1 aromatic rings. The van der Waals surface area contributed by atoms with Gasteiger partial charge in [0, 0.05) is 12.6 Å². The predicted molar refractivity (Wildman–Crippen MR) is 68.6 cm³/mol. The van der Waals surface area contributed by atoms with Crippen LogP contribution in [0.4, 0.5) is 13.6 Å². The molecule has 5 nitrogen and oxygen atoms in total. The van der Waals surface area contributed by atoms with Crippen molar-refractivity contribution in [2.24, 2.45) is 0 Å². The number of nitrogens with one attached hydrogen (secondary N) is 1. The first-order chi connectivity index (χ1) is 9.55. The Morgan fingerprint density at radius 3 is 2.30 bits per heavy atom. The van der Waals surface area contributed by atoms with E-state index in [9.17, 15) is 13.6 Å². The van der Waals surface area contributed by atoms with Crippen molar-refractivity contribution in [3.63, 3.8) is 0 Å². The maximum absolute atomic E-state index is 11.8. The number of methoxy groups -OCH3 is 2. The molecule has 0 saturated carbocycles. The van der Waals surface area contributed by atoms with Gasteiger partial charge < -0.3 is 19.5 Å². The Morgan fingerprint density at radius 2 is 1.80 bits per heavy atom. The van der Waals surface area contributed by atoms with E-state index in [2.05, 4.69) is 10.1 Å². The number of benzene rings is 1. The van der Waals surface area contributed by atoms with Crippen molar-refractivity contribution in [2.75, 3.05) is 27.4 Å². The summed E-state index contributed by atoms with van der Waals surface area (Å²) in [4.78, 5) is 11.1. The molecule has 7 heteroatoms. The summed E-state index contributed by atoms with van der Waals surface area (Å²) < 4.78 is 38.1. The van der Waals surface area contributed by atoms with Gasteiger partial charge in [-0.15, -0.1) is 0 Å². The van der Waals surface area contributed by atoms with Gasteiger partial charge in [-0.2, -0.15) is 0 Å². The van der Waals surface area contributed by atoms with Gasteiger partial charge in [-0.05, 0) is 24.1 Å². The molecular formula is C13H17F2NO4. The average molecular weight is 289 g/mol. The van der Waals surface area contributed by atoms with Gasteiger partial charge in [-0.3, -0.25) is 0 Å². The predicted octanol–water partition coefficient (Wildman–Crippen LogP) is 2.24. The van der Waals surface area contributed by atoms with Crippen LogP contribution in [0.1, 0.15) is 5.56 Å². The fraction of sp³-hybridized carbons (Fsp3) is 0.462. The van der Waals surface area contributed by atoms with Gasteiger partial charge in [0.15, 0.2) is 6.61 Å². The van der Waals surface area contributed by atoms with E-state index in [1.807, 2.05) is 0 Å². The number of ether oxygens (including phenoxy) is 3. The normalized spacial score (nSPS) is 10.2. The van der Waals surface area contributed by atoms with Crippen LogP contribution < -0.4 is 14.8 Å². The molecule has 0 fully saturated rings. The van der Waals surface area contributed by atoms with Crippen molar-refractivity contribution in [2.45, 2.75) is 12.8 Å². The molecule has 0 bridgehead atoms. The number of carbonyl (C=O) groups is 1. The zero-order valence-corrected chi connectivity index (χ0v) is 11.3. The van der Waals surface area contributed by atoms with Crippen molar-refractivity contribution in [1.82, 2.24) is 5.32 Å². The molecule has 0 radical (unpaired) electrons. The van der Waals surface area contributed by atoms with Crippen LogP contribution in [0.15, 0.2) is 18.2 Å². The Balaban J connectivity index is 2.43. The minimum atomic E-state index is -2.66. The van der Waals surface area contributed by atoms with Crippen LogP contribution in [0.2, 0.25) is 0 Å². The van der Waals surface area contributed by atoms with Crippen molar-refractivity contribution in [1.29, 1.82) is 0 Å². The molecule has 0 heterocycles. The van der Waals surface area contributed by atoms with Gasteiger partial charge in [0.25, 0.3) is 6.43 Å². The van der Waals surface area contributed by atoms with E-state index in [0.717, 1.165) is 5.56 Å². The molecule has 0 atom stereocenters. The molecule has 0 aliphatic carbocycles. The highest BCUT2D eigenvalue weighted by atomic mass is 19.3. The van der Waals surface area contributed by atoms with Gasteiger partial charge in [0.1, 0.15) is 11.5 Å². The fourth-order valence-electron chi connectivity index (χ4n) is 1.51. The largest absolute Gasteiger partial charge is 0.497 e. The van der Waals surface area contributed by atoms with Crippen LogP contribution >= 0.6 is 0 Å². The second kappa shape index (κ2) is 8.19. The van der Waals surface area contributed by atoms with Gasteiger partial charge in [-0.25, -0.2) is 13.6 Å². The molecule has 0 aliphatic rings. The maximum Gasteiger partial charge on any atom is 0.407 e. The molecule has 1 amide bonds. The molecule has 20 heavy (non-hydrogen) atoms. The first kappa shape index (κ1) is 16.0. The average Bonchev–Trinajstić information content (AvgIpc) is 2.44. The summed E-state index contributed by atoms with van der Waals surface area (Å²) in [5.74, 6) is 1.28. The second-order valence-corrected chi connectivity index (χ2v) is 3.89. The monoisotopic (exact) mass is 289 g/mol. The van der Waals surface area contributed by atoms with Crippen LogP contribution in [0, 0.1) is 0 Å². The number of hydrogen-bond acceptors (Lipinski definition) is 4. The Bertz CT molecular complexity index is 418. The molecule has 1 N–H and O–H groups in total. The minimum Gasteiger partial charge on any atom is -0.497 e. The van der Waals surface area contributed by atoms with Crippen LogP contribution in [0.25, 0.3) is 0 Å². The Kier molecular flexibility index (Phi) is 6.55. The van der Waals surface area contributed by atoms with Crippen LogP contribution in [-0.2, 0) is 11.2 Å². The summed E-state index contributed by atoms with van der Waals surface area (Å²) in [5.41, 5.74) is 0.885. The van der Waals surface area contributed by atoms with Gasteiger partial charge in [0.05, 0.1) is 14.2 Å². The molecule has 0 spiro atoms.